The lowest BCUT2D eigenvalue weighted by atomic mass is 10.1. The summed E-state index contributed by atoms with van der Waals surface area (Å²) in [5, 5.41) is 2.77. The molecule has 0 heterocycles. The van der Waals surface area contributed by atoms with Gasteiger partial charge in [0.15, 0.2) is 0 Å². The molecule has 9 heteroatoms. The molecular weight excluding hydrogens is 518 g/mol. The van der Waals surface area contributed by atoms with Crippen molar-refractivity contribution in [1.29, 1.82) is 0 Å². The van der Waals surface area contributed by atoms with Crippen LogP contribution >= 0.6 is 15.9 Å². The Morgan fingerprint density at radius 3 is 2.18 bits per heavy atom. The van der Waals surface area contributed by atoms with Gasteiger partial charge in [-0.25, -0.2) is 8.42 Å². The Kier molecular flexibility index (Phi) is 10.1. The zero-order valence-electron chi connectivity index (χ0n) is 20.5. The zero-order chi connectivity index (χ0) is 25.5. The number of rotatable bonds is 11. The highest BCUT2D eigenvalue weighted by Gasteiger charge is 2.26. The SMILES string of the molecule is CCNC(=O)C(C)N(Cc1ccc(Br)cc1)C(=O)CCCN(c1cc(C)cc(C)c1)S(C)(=O)=O. The third kappa shape index (κ3) is 8.13. The lowest BCUT2D eigenvalue weighted by molar-refractivity contribution is -0.140. The number of carbonyl (C=O) groups is 2. The van der Waals surface area contributed by atoms with Crippen LogP contribution in [0.1, 0.15) is 43.4 Å². The maximum atomic E-state index is 13.2. The molecule has 2 aromatic rings. The van der Waals surface area contributed by atoms with E-state index in [4.69, 9.17) is 0 Å². The van der Waals surface area contributed by atoms with Crippen molar-refractivity contribution < 1.29 is 18.0 Å². The number of carbonyl (C=O) groups excluding carboxylic acids is 2. The zero-order valence-corrected chi connectivity index (χ0v) is 22.9. The maximum absolute atomic E-state index is 13.2. The first kappa shape index (κ1) is 27.9. The van der Waals surface area contributed by atoms with Crippen molar-refractivity contribution in [2.75, 3.05) is 23.7 Å². The third-order valence-electron chi connectivity index (χ3n) is 5.43. The smallest absolute Gasteiger partial charge is 0.242 e. The fourth-order valence-electron chi connectivity index (χ4n) is 3.79. The second kappa shape index (κ2) is 12.4. The molecular formula is C25H34BrN3O4S. The Bertz CT molecular complexity index is 1080. The standard InChI is InChI=1S/C25H34BrN3O4S/c1-6-27-25(31)20(4)28(17-21-9-11-22(26)12-10-21)24(30)8-7-13-29(34(5,32)33)23-15-18(2)14-19(3)16-23/h9-12,14-16,20H,6-8,13,17H2,1-5H3,(H,27,31). The minimum Gasteiger partial charge on any atom is -0.355 e. The van der Waals surface area contributed by atoms with Gasteiger partial charge in [0, 0.05) is 30.5 Å². The molecule has 7 nitrogen and oxygen atoms in total. The Hall–Kier alpha value is -2.39. The van der Waals surface area contributed by atoms with Crippen LogP contribution in [0.2, 0.25) is 0 Å². The molecule has 1 unspecified atom stereocenters. The quantitative estimate of drug-likeness (QED) is 0.454. The number of halogens is 1. The first-order chi connectivity index (χ1) is 15.9. The summed E-state index contributed by atoms with van der Waals surface area (Å²) in [5.74, 6) is -0.420. The van der Waals surface area contributed by atoms with Crippen molar-refractivity contribution in [3.63, 3.8) is 0 Å². The molecule has 2 aromatic carbocycles. The van der Waals surface area contributed by atoms with Crippen molar-refractivity contribution in [2.45, 2.75) is 53.1 Å². The van der Waals surface area contributed by atoms with Crippen LogP contribution in [-0.4, -0.2) is 50.5 Å². The minimum atomic E-state index is -3.52. The number of hydrogen-bond donors (Lipinski definition) is 1. The van der Waals surface area contributed by atoms with Gasteiger partial charge in [-0.2, -0.15) is 0 Å². The molecule has 0 aliphatic heterocycles. The van der Waals surface area contributed by atoms with Gasteiger partial charge in [0.1, 0.15) is 6.04 Å². The lowest BCUT2D eigenvalue weighted by Crippen LogP contribution is -2.47. The van der Waals surface area contributed by atoms with E-state index in [0.29, 0.717) is 18.7 Å². The molecule has 34 heavy (non-hydrogen) atoms. The molecule has 0 saturated heterocycles. The van der Waals surface area contributed by atoms with Crippen LogP contribution in [0.4, 0.5) is 5.69 Å². The van der Waals surface area contributed by atoms with E-state index in [1.807, 2.05) is 63.2 Å². The number of sulfonamides is 1. The van der Waals surface area contributed by atoms with Crippen LogP contribution in [0.3, 0.4) is 0 Å². The van der Waals surface area contributed by atoms with Gasteiger partial charge in [0.05, 0.1) is 11.9 Å². The molecule has 0 radical (unpaired) electrons. The molecule has 2 rings (SSSR count). The van der Waals surface area contributed by atoms with Crippen LogP contribution in [0.5, 0.6) is 0 Å². The Morgan fingerprint density at radius 1 is 1.06 bits per heavy atom. The Morgan fingerprint density at radius 2 is 1.65 bits per heavy atom. The van der Waals surface area contributed by atoms with Crippen LogP contribution in [-0.2, 0) is 26.2 Å². The van der Waals surface area contributed by atoms with Gasteiger partial charge >= 0.3 is 0 Å². The summed E-state index contributed by atoms with van der Waals surface area (Å²) in [4.78, 5) is 27.3. The average molecular weight is 553 g/mol. The number of amides is 2. The van der Waals surface area contributed by atoms with Crippen molar-refractivity contribution in [1.82, 2.24) is 10.2 Å². The number of nitrogens with one attached hydrogen (secondary N) is 1. The van der Waals surface area contributed by atoms with Crippen molar-refractivity contribution in [2.24, 2.45) is 0 Å². The van der Waals surface area contributed by atoms with Crippen molar-refractivity contribution in [3.8, 4) is 0 Å². The van der Waals surface area contributed by atoms with Gasteiger partial charge in [-0.1, -0.05) is 34.1 Å². The molecule has 0 fully saturated rings. The van der Waals surface area contributed by atoms with Gasteiger partial charge in [0.25, 0.3) is 0 Å². The summed E-state index contributed by atoms with van der Waals surface area (Å²) in [5.41, 5.74) is 3.43. The number of hydrogen-bond acceptors (Lipinski definition) is 4. The van der Waals surface area contributed by atoms with E-state index in [-0.39, 0.29) is 31.3 Å². The van der Waals surface area contributed by atoms with E-state index in [0.717, 1.165) is 21.2 Å². The second-order valence-electron chi connectivity index (χ2n) is 8.50. The van der Waals surface area contributed by atoms with Crippen LogP contribution in [0, 0.1) is 13.8 Å². The molecule has 0 bridgehead atoms. The van der Waals surface area contributed by atoms with Crippen LogP contribution in [0.15, 0.2) is 46.9 Å². The van der Waals surface area contributed by atoms with Crippen LogP contribution in [0.25, 0.3) is 0 Å². The molecule has 0 spiro atoms. The number of aryl methyl sites for hydroxylation is 2. The largest absolute Gasteiger partial charge is 0.355 e. The van der Waals surface area contributed by atoms with Gasteiger partial charge in [-0.3, -0.25) is 13.9 Å². The van der Waals surface area contributed by atoms with Gasteiger partial charge < -0.3 is 10.2 Å². The second-order valence-corrected chi connectivity index (χ2v) is 11.3. The van der Waals surface area contributed by atoms with E-state index < -0.39 is 16.1 Å². The highest BCUT2D eigenvalue weighted by atomic mass is 79.9. The molecule has 1 atom stereocenters. The minimum absolute atomic E-state index is 0.122. The summed E-state index contributed by atoms with van der Waals surface area (Å²) < 4.78 is 27.2. The number of nitrogens with zero attached hydrogens (tertiary/aromatic N) is 2. The molecule has 2 amide bonds. The van der Waals surface area contributed by atoms with E-state index in [9.17, 15) is 18.0 Å². The highest BCUT2D eigenvalue weighted by Crippen LogP contribution is 2.22. The summed E-state index contributed by atoms with van der Waals surface area (Å²) in [7, 11) is -3.52. The van der Waals surface area contributed by atoms with Crippen LogP contribution < -0.4 is 9.62 Å². The van der Waals surface area contributed by atoms with E-state index in [2.05, 4.69) is 21.2 Å². The van der Waals surface area contributed by atoms with E-state index in [1.165, 1.54) is 10.6 Å². The summed E-state index contributed by atoms with van der Waals surface area (Å²) >= 11 is 3.41. The predicted octanol–water partition coefficient (Wildman–Crippen LogP) is 4.17. The summed E-state index contributed by atoms with van der Waals surface area (Å²) in [6.07, 6.45) is 1.62. The van der Waals surface area contributed by atoms with Gasteiger partial charge in [-0.05, 0) is 75.1 Å². The monoisotopic (exact) mass is 551 g/mol. The molecule has 0 aromatic heterocycles. The predicted molar refractivity (Wildman–Crippen MR) is 140 cm³/mol. The van der Waals surface area contributed by atoms with Gasteiger partial charge in [-0.15, -0.1) is 0 Å². The highest BCUT2D eigenvalue weighted by molar-refractivity contribution is 9.10. The Balaban J connectivity index is 2.17. The number of benzene rings is 2. The maximum Gasteiger partial charge on any atom is 0.242 e. The molecule has 0 aliphatic carbocycles. The average Bonchev–Trinajstić information content (AvgIpc) is 2.74. The molecule has 186 valence electrons. The normalized spacial score (nSPS) is 12.2. The van der Waals surface area contributed by atoms with E-state index in [1.54, 1.807) is 11.8 Å². The molecule has 0 aliphatic rings. The fourth-order valence-corrected chi connectivity index (χ4v) is 5.00. The first-order valence-corrected chi connectivity index (χ1v) is 13.9. The number of likely N-dealkylation sites (N-methyl/N-ethyl adjacent to an activating group) is 1. The van der Waals surface area contributed by atoms with Crippen molar-refractivity contribution >= 4 is 43.5 Å². The van der Waals surface area contributed by atoms with E-state index >= 15 is 0 Å². The fraction of sp³-hybridized carbons (Fsp3) is 0.440. The van der Waals surface area contributed by atoms with Crippen molar-refractivity contribution in [3.05, 3.63) is 63.6 Å². The lowest BCUT2D eigenvalue weighted by Gasteiger charge is -2.29. The molecule has 1 N–H and O–H groups in total. The Labute approximate surface area is 211 Å². The third-order valence-corrected chi connectivity index (χ3v) is 7.15. The molecule has 0 saturated carbocycles. The van der Waals surface area contributed by atoms with Gasteiger partial charge in [0.2, 0.25) is 21.8 Å². The summed E-state index contributed by atoms with van der Waals surface area (Å²) in [6.45, 7) is 8.32. The topological polar surface area (TPSA) is 86.8 Å². The summed E-state index contributed by atoms with van der Waals surface area (Å²) in [6, 6.07) is 12.6. The number of anilines is 1. The first-order valence-electron chi connectivity index (χ1n) is 11.3.